The van der Waals surface area contributed by atoms with Crippen LogP contribution in [0.5, 0.6) is 0 Å². The predicted octanol–water partition coefficient (Wildman–Crippen LogP) is 2.40. The van der Waals surface area contributed by atoms with Crippen LogP contribution in [0.4, 0.5) is 5.69 Å². The lowest BCUT2D eigenvalue weighted by molar-refractivity contribution is -0.113. The average molecular weight is 340 g/mol. The molecule has 6 nitrogen and oxygen atoms in total. The highest BCUT2D eigenvalue weighted by Gasteiger charge is 2.12. The van der Waals surface area contributed by atoms with Crippen molar-refractivity contribution in [1.29, 1.82) is 5.26 Å². The zero-order valence-corrected chi connectivity index (χ0v) is 14.1. The van der Waals surface area contributed by atoms with Gasteiger partial charge in [-0.3, -0.25) is 9.59 Å². The van der Waals surface area contributed by atoms with Crippen molar-refractivity contribution >= 4 is 29.3 Å². The molecule has 3 N–H and O–H groups in total. The predicted molar refractivity (Wildman–Crippen MR) is 92.7 cm³/mol. The Kier molecular flexibility index (Phi) is 5.55. The van der Waals surface area contributed by atoms with E-state index in [0.717, 1.165) is 11.3 Å². The number of amides is 2. The van der Waals surface area contributed by atoms with E-state index < -0.39 is 5.91 Å². The second kappa shape index (κ2) is 7.62. The SMILES string of the molecule is Cc1cc(C)c(C#N)c(SCC(=O)Nc2ccc(C(N)=O)cc2)n1. The van der Waals surface area contributed by atoms with Crippen molar-refractivity contribution in [2.24, 2.45) is 5.73 Å². The van der Waals surface area contributed by atoms with Crippen LogP contribution in [-0.4, -0.2) is 22.6 Å². The maximum Gasteiger partial charge on any atom is 0.248 e. The minimum absolute atomic E-state index is 0.127. The lowest BCUT2D eigenvalue weighted by Gasteiger charge is -2.08. The number of thioether (sulfide) groups is 1. The van der Waals surface area contributed by atoms with Crippen LogP contribution < -0.4 is 11.1 Å². The summed E-state index contributed by atoms with van der Waals surface area (Å²) in [7, 11) is 0. The number of aryl methyl sites for hydroxylation is 2. The first-order valence-electron chi connectivity index (χ1n) is 7.11. The van der Waals surface area contributed by atoms with E-state index in [1.54, 1.807) is 24.3 Å². The zero-order valence-electron chi connectivity index (χ0n) is 13.3. The highest BCUT2D eigenvalue weighted by Crippen LogP contribution is 2.23. The molecule has 0 aliphatic carbocycles. The summed E-state index contributed by atoms with van der Waals surface area (Å²) in [6.45, 7) is 3.69. The van der Waals surface area contributed by atoms with E-state index in [4.69, 9.17) is 5.73 Å². The fourth-order valence-corrected chi connectivity index (χ4v) is 2.99. The lowest BCUT2D eigenvalue weighted by Crippen LogP contribution is -2.15. The monoisotopic (exact) mass is 340 g/mol. The average Bonchev–Trinajstić information content (AvgIpc) is 2.53. The van der Waals surface area contributed by atoms with Crippen molar-refractivity contribution in [3.8, 4) is 6.07 Å². The number of benzene rings is 1. The van der Waals surface area contributed by atoms with E-state index in [2.05, 4.69) is 16.4 Å². The molecule has 24 heavy (non-hydrogen) atoms. The van der Waals surface area contributed by atoms with E-state index >= 15 is 0 Å². The van der Waals surface area contributed by atoms with E-state index in [9.17, 15) is 14.9 Å². The van der Waals surface area contributed by atoms with Crippen LogP contribution >= 0.6 is 11.8 Å². The zero-order chi connectivity index (χ0) is 17.7. The largest absolute Gasteiger partial charge is 0.366 e. The molecule has 0 fully saturated rings. The second-order valence-corrected chi connectivity index (χ2v) is 6.11. The number of hydrogen-bond donors (Lipinski definition) is 2. The molecule has 0 bridgehead atoms. The molecule has 0 aliphatic rings. The van der Waals surface area contributed by atoms with Gasteiger partial charge >= 0.3 is 0 Å². The molecule has 7 heteroatoms. The number of carbonyl (C=O) groups excluding carboxylic acids is 2. The van der Waals surface area contributed by atoms with E-state index in [1.165, 1.54) is 11.8 Å². The molecule has 0 radical (unpaired) electrons. The third-order valence-electron chi connectivity index (χ3n) is 3.22. The van der Waals surface area contributed by atoms with E-state index in [0.29, 0.717) is 21.8 Å². The van der Waals surface area contributed by atoms with Crippen LogP contribution in [0, 0.1) is 25.2 Å². The molecular weight excluding hydrogens is 324 g/mol. The first-order chi connectivity index (χ1) is 11.4. The number of primary amides is 1. The van der Waals surface area contributed by atoms with Gasteiger partial charge in [0.25, 0.3) is 0 Å². The molecule has 0 saturated heterocycles. The van der Waals surface area contributed by atoms with Gasteiger partial charge in [0.2, 0.25) is 11.8 Å². The molecule has 1 aromatic carbocycles. The lowest BCUT2D eigenvalue weighted by atomic mass is 10.1. The smallest absolute Gasteiger partial charge is 0.248 e. The fourth-order valence-electron chi connectivity index (χ4n) is 2.09. The van der Waals surface area contributed by atoms with Crippen molar-refractivity contribution in [2.75, 3.05) is 11.1 Å². The number of pyridine rings is 1. The molecule has 0 saturated carbocycles. The summed E-state index contributed by atoms with van der Waals surface area (Å²) in [6.07, 6.45) is 0. The summed E-state index contributed by atoms with van der Waals surface area (Å²) in [5.74, 6) is -0.618. The molecule has 0 unspecified atom stereocenters. The summed E-state index contributed by atoms with van der Waals surface area (Å²) in [4.78, 5) is 27.4. The van der Waals surface area contributed by atoms with Crippen LogP contribution in [-0.2, 0) is 4.79 Å². The van der Waals surface area contributed by atoms with Gasteiger partial charge in [0.1, 0.15) is 11.1 Å². The summed E-state index contributed by atoms with van der Waals surface area (Å²) in [6, 6.07) is 10.3. The Labute approximate surface area is 144 Å². The molecule has 1 aromatic heterocycles. The third kappa shape index (κ3) is 4.33. The summed E-state index contributed by atoms with van der Waals surface area (Å²) in [5, 5.41) is 12.5. The first kappa shape index (κ1) is 17.5. The molecule has 2 aromatic rings. The van der Waals surface area contributed by atoms with Gasteiger partial charge in [-0.2, -0.15) is 5.26 Å². The number of rotatable bonds is 5. The maximum atomic E-state index is 12.0. The molecule has 0 atom stereocenters. The van der Waals surface area contributed by atoms with Crippen LogP contribution in [0.3, 0.4) is 0 Å². The minimum Gasteiger partial charge on any atom is -0.366 e. The highest BCUT2D eigenvalue weighted by molar-refractivity contribution is 8.00. The fraction of sp³-hybridized carbons (Fsp3) is 0.176. The van der Waals surface area contributed by atoms with Gasteiger partial charge in [-0.1, -0.05) is 11.8 Å². The minimum atomic E-state index is -0.520. The normalized spacial score (nSPS) is 10.0. The number of nitriles is 1. The molecule has 2 rings (SSSR count). The van der Waals surface area contributed by atoms with Gasteiger partial charge in [-0.05, 0) is 49.7 Å². The van der Waals surface area contributed by atoms with Gasteiger partial charge in [0.15, 0.2) is 0 Å². The quantitative estimate of drug-likeness (QED) is 0.812. The molecule has 0 spiro atoms. The van der Waals surface area contributed by atoms with Crippen molar-refractivity contribution in [2.45, 2.75) is 18.9 Å². The Morgan fingerprint density at radius 1 is 1.29 bits per heavy atom. The van der Waals surface area contributed by atoms with Crippen LogP contribution in [0.15, 0.2) is 35.4 Å². The topological polar surface area (TPSA) is 109 Å². The van der Waals surface area contributed by atoms with Gasteiger partial charge < -0.3 is 11.1 Å². The van der Waals surface area contributed by atoms with Crippen molar-refractivity contribution in [3.05, 3.63) is 52.7 Å². The molecule has 2 amide bonds. The van der Waals surface area contributed by atoms with Gasteiger partial charge in [0, 0.05) is 16.9 Å². The molecule has 1 heterocycles. The standard InChI is InChI=1S/C17H16N4O2S/c1-10-7-11(2)20-17(14(10)8-18)24-9-15(22)21-13-5-3-12(4-6-13)16(19)23/h3-7H,9H2,1-2H3,(H2,19,23)(H,21,22). The number of hydrogen-bond acceptors (Lipinski definition) is 5. The first-order valence-corrected chi connectivity index (χ1v) is 8.10. The molecular formula is C17H16N4O2S. The highest BCUT2D eigenvalue weighted by atomic mass is 32.2. The Hall–Kier alpha value is -2.85. The maximum absolute atomic E-state index is 12.0. The third-order valence-corrected chi connectivity index (χ3v) is 4.19. The second-order valence-electron chi connectivity index (χ2n) is 5.15. The van der Waals surface area contributed by atoms with Gasteiger partial charge in [-0.15, -0.1) is 0 Å². The van der Waals surface area contributed by atoms with Crippen molar-refractivity contribution < 1.29 is 9.59 Å². The number of carbonyl (C=O) groups is 2. The van der Waals surface area contributed by atoms with Crippen molar-refractivity contribution in [3.63, 3.8) is 0 Å². The van der Waals surface area contributed by atoms with E-state index in [1.807, 2.05) is 19.9 Å². The summed E-state index contributed by atoms with van der Waals surface area (Å²) >= 11 is 1.22. The number of anilines is 1. The number of nitrogens with two attached hydrogens (primary N) is 1. The van der Waals surface area contributed by atoms with Gasteiger partial charge in [-0.25, -0.2) is 4.98 Å². The Morgan fingerprint density at radius 3 is 2.54 bits per heavy atom. The summed E-state index contributed by atoms with van der Waals surface area (Å²) in [5.41, 5.74) is 8.25. The van der Waals surface area contributed by atoms with Crippen LogP contribution in [0.1, 0.15) is 27.2 Å². The Bertz CT molecular complexity index is 826. The molecule has 0 aliphatic heterocycles. The van der Waals surface area contributed by atoms with Crippen molar-refractivity contribution in [1.82, 2.24) is 4.98 Å². The Balaban J connectivity index is 2.01. The number of aromatic nitrogens is 1. The molecule has 122 valence electrons. The number of nitrogens with one attached hydrogen (secondary N) is 1. The van der Waals surface area contributed by atoms with Gasteiger partial charge in [0.05, 0.1) is 11.3 Å². The summed E-state index contributed by atoms with van der Waals surface area (Å²) < 4.78 is 0. The van der Waals surface area contributed by atoms with E-state index in [-0.39, 0.29) is 11.7 Å². The van der Waals surface area contributed by atoms with Crippen LogP contribution in [0.2, 0.25) is 0 Å². The number of nitrogens with zero attached hydrogens (tertiary/aromatic N) is 2. The Morgan fingerprint density at radius 2 is 1.96 bits per heavy atom. The van der Waals surface area contributed by atoms with Crippen LogP contribution in [0.25, 0.3) is 0 Å².